The zero-order chi connectivity index (χ0) is 21.3. The van der Waals surface area contributed by atoms with E-state index in [0.29, 0.717) is 5.41 Å². The molecule has 1 N–H and O–H groups in total. The van der Waals surface area contributed by atoms with Crippen LogP contribution in [0.3, 0.4) is 0 Å². The molecule has 0 unspecified atom stereocenters. The Morgan fingerprint density at radius 2 is 1.76 bits per heavy atom. The minimum Gasteiger partial charge on any atom is -0.341 e. The molecule has 1 aromatic carbocycles. The topological polar surface area (TPSA) is 42.0 Å². The van der Waals surface area contributed by atoms with Gasteiger partial charge < -0.3 is 5.32 Å². The molecule has 3 nitrogen and oxygen atoms in total. The van der Waals surface area contributed by atoms with Crippen molar-refractivity contribution >= 4 is 5.91 Å². The molecule has 0 aliphatic heterocycles. The number of nitrogens with one attached hydrogen (secondary N) is 1. The van der Waals surface area contributed by atoms with Gasteiger partial charge in [0.2, 0.25) is 0 Å². The molecule has 0 radical (unpaired) electrons. The molecule has 0 spiro atoms. The zero-order valence-electron chi connectivity index (χ0n) is 18.9. The Morgan fingerprint density at radius 1 is 1.03 bits per heavy atom. The van der Waals surface area contributed by atoms with Gasteiger partial charge in [-0.25, -0.2) is 0 Å². The summed E-state index contributed by atoms with van der Waals surface area (Å²) in [5, 5.41) is 3.32. The predicted octanol–water partition coefficient (Wildman–Crippen LogP) is 6.17. The van der Waals surface area contributed by atoms with Gasteiger partial charge in [-0.1, -0.05) is 59.7 Å². The first kappa shape index (κ1) is 21.5. The van der Waals surface area contributed by atoms with Crippen molar-refractivity contribution in [3.05, 3.63) is 65.0 Å². The molecule has 0 bridgehead atoms. The number of hydrogen-bond acceptors (Lipinski definition) is 2. The lowest BCUT2D eigenvalue weighted by Crippen LogP contribution is -2.36. The summed E-state index contributed by atoms with van der Waals surface area (Å²) in [5.74, 6) is 0.0324. The minimum atomic E-state index is -0.293. The summed E-state index contributed by atoms with van der Waals surface area (Å²) in [6.07, 6.45) is 6.87. The van der Waals surface area contributed by atoms with Gasteiger partial charge in [0.1, 0.15) is 0 Å². The van der Waals surface area contributed by atoms with E-state index in [9.17, 15) is 4.79 Å². The van der Waals surface area contributed by atoms with Crippen LogP contribution in [0.5, 0.6) is 0 Å². The highest BCUT2D eigenvalue weighted by Crippen LogP contribution is 2.45. The van der Waals surface area contributed by atoms with Crippen LogP contribution in [0.2, 0.25) is 0 Å². The van der Waals surface area contributed by atoms with E-state index in [2.05, 4.69) is 57.9 Å². The lowest BCUT2D eigenvalue weighted by atomic mass is 9.79. The van der Waals surface area contributed by atoms with Crippen LogP contribution in [-0.4, -0.2) is 10.9 Å². The van der Waals surface area contributed by atoms with Gasteiger partial charge in [-0.3, -0.25) is 9.78 Å². The van der Waals surface area contributed by atoms with Crippen LogP contribution in [0.4, 0.5) is 0 Å². The summed E-state index contributed by atoms with van der Waals surface area (Å²) in [5.41, 5.74) is 4.30. The van der Waals surface area contributed by atoms with Crippen molar-refractivity contribution in [3.8, 4) is 0 Å². The fourth-order valence-electron chi connectivity index (χ4n) is 4.07. The number of carbonyl (C=O) groups is 1. The first-order valence-electron chi connectivity index (χ1n) is 10.9. The Kier molecular flexibility index (Phi) is 5.89. The zero-order valence-corrected chi connectivity index (χ0v) is 18.9. The first-order valence-corrected chi connectivity index (χ1v) is 10.9. The van der Waals surface area contributed by atoms with Crippen LogP contribution >= 0.6 is 0 Å². The quantitative estimate of drug-likeness (QED) is 0.639. The van der Waals surface area contributed by atoms with Crippen molar-refractivity contribution in [2.75, 3.05) is 0 Å². The Morgan fingerprint density at radius 3 is 2.31 bits per heavy atom. The second-order valence-corrected chi connectivity index (χ2v) is 10.7. The van der Waals surface area contributed by atoms with E-state index in [1.165, 1.54) is 11.1 Å². The monoisotopic (exact) mass is 392 g/mol. The maximum absolute atomic E-state index is 13.4. The summed E-state index contributed by atoms with van der Waals surface area (Å²) < 4.78 is 0. The van der Waals surface area contributed by atoms with Gasteiger partial charge in [-0.05, 0) is 72.3 Å². The van der Waals surface area contributed by atoms with E-state index in [0.717, 1.165) is 43.4 Å². The largest absolute Gasteiger partial charge is 0.341 e. The molecule has 0 saturated heterocycles. The summed E-state index contributed by atoms with van der Waals surface area (Å²) in [6.45, 7) is 13.5. The lowest BCUT2D eigenvalue weighted by molar-refractivity contribution is 0.0928. The standard InChI is InChI=1S/C26H36N2O/c1-24(2,3)15-10-12-19-20(11-9-13-21(19)25(4,5)6)23(29)28-26(16-17-26)22-14-7-8-18-27-22/h7-9,11,13-14,18H,10,12,15-17H2,1-6H3,(H,28,29). The summed E-state index contributed by atoms with van der Waals surface area (Å²) >= 11 is 0. The average molecular weight is 393 g/mol. The first-order chi connectivity index (χ1) is 13.5. The summed E-state index contributed by atoms with van der Waals surface area (Å²) in [4.78, 5) is 17.9. The van der Waals surface area contributed by atoms with Crippen LogP contribution < -0.4 is 5.32 Å². The van der Waals surface area contributed by atoms with Crippen molar-refractivity contribution in [2.45, 2.75) is 84.6 Å². The number of nitrogens with zero attached hydrogens (tertiary/aromatic N) is 1. The number of carbonyl (C=O) groups excluding carboxylic acids is 1. The maximum atomic E-state index is 13.4. The smallest absolute Gasteiger partial charge is 0.252 e. The van der Waals surface area contributed by atoms with E-state index >= 15 is 0 Å². The third-order valence-corrected chi connectivity index (χ3v) is 5.84. The highest BCUT2D eigenvalue weighted by Gasteiger charge is 2.47. The van der Waals surface area contributed by atoms with Gasteiger partial charge in [-0.15, -0.1) is 0 Å². The molecular formula is C26H36N2O. The van der Waals surface area contributed by atoms with Gasteiger partial charge in [0, 0.05) is 11.8 Å². The van der Waals surface area contributed by atoms with E-state index in [4.69, 9.17) is 0 Å². The number of benzene rings is 1. The van der Waals surface area contributed by atoms with E-state index < -0.39 is 0 Å². The van der Waals surface area contributed by atoms with Gasteiger partial charge in [0.15, 0.2) is 0 Å². The van der Waals surface area contributed by atoms with Gasteiger partial charge in [0.25, 0.3) is 5.91 Å². The fraction of sp³-hybridized carbons (Fsp3) is 0.538. The number of amides is 1. The summed E-state index contributed by atoms with van der Waals surface area (Å²) in [6, 6.07) is 12.1. The highest BCUT2D eigenvalue weighted by atomic mass is 16.1. The number of pyridine rings is 1. The molecule has 29 heavy (non-hydrogen) atoms. The second kappa shape index (κ2) is 7.93. The van der Waals surface area contributed by atoms with Gasteiger partial charge >= 0.3 is 0 Å². The molecule has 3 heteroatoms. The highest BCUT2D eigenvalue weighted by molar-refractivity contribution is 5.97. The molecule has 156 valence electrons. The molecular weight excluding hydrogens is 356 g/mol. The molecule has 1 fully saturated rings. The van der Waals surface area contributed by atoms with Crippen LogP contribution in [0, 0.1) is 5.41 Å². The molecule has 1 aliphatic carbocycles. The van der Waals surface area contributed by atoms with Crippen LogP contribution in [0.1, 0.15) is 94.4 Å². The van der Waals surface area contributed by atoms with Crippen LogP contribution in [0.25, 0.3) is 0 Å². The van der Waals surface area contributed by atoms with Gasteiger partial charge in [0.05, 0.1) is 11.2 Å². The number of hydrogen-bond donors (Lipinski definition) is 1. The van der Waals surface area contributed by atoms with Crippen molar-refractivity contribution < 1.29 is 4.79 Å². The Hall–Kier alpha value is -2.16. The lowest BCUT2D eigenvalue weighted by Gasteiger charge is -2.26. The molecule has 1 saturated carbocycles. The molecule has 1 heterocycles. The second-order valence-electron chi connectivity index (χ2n) is 10.7. The molecule has 1 amide bonds. The predicted molar refractivity (Wildman–Crippen MR) is 120 cm³/mol. The van der Waals surface area contributed by atoms with E-state index in [-0.39, 0.29) is 16.9 Å². The average Bonchev–Trinajstić information content (AvgIpc) is 3.41. The molecule has 1 aliphatic rings. The minimum absolute atomic E-state index is 0.00556. The van der Waals surface area contributed by atoms with E-state index in [1.54, 1.807) is 6.20 Å². The molecule has 2 aromatic rings. The van der Waals surface area contributed by atoms with Crippen LogP contribution in [0.15, 0.2) is 42.6 Å². The third kappa shape index (κ3) is 5.26. The van der Waals surface area contributed by atoms with Crippen molar-refractivity contribution in [3.63, 3.8) is 0 Å². The normalized spacial score (nSPS) is 15.8. The third-order valence-electron chi connectivity index (χ3n) is 5.84. The number of aromatic nitrogens is 1. The van der Waals surface area contributed by atoms with Crippen molar-refractivity contribution in [1.29, 1.82) is 0 Å². The van der Waals surface area contributed by atoms with E-state index in [1.807, 2.05) is 30.3 Å². The fourth-order valence-corrected chi connectivity index (χ4v) is 4.07. The number of rotatable bonds is 6. The summed E-state index contributed by atoms with van der Waals surface area (Å²) in [7, 11) is 0. The Labute approximate surface area is 176 Å². The van der Waals surface area contributed by atoms with Gasteiger partial charge in [-0.2, -0.15) is 0 Å². The SMILES string of the molecule is CC(C)(C)CCCc1c(C(=O)NC2(c3ccccn3)CC2)cccc1C(C)(C)C. The van der Waals surface area contributed by atoms with Crippen molar-refractivity contribution in [2.24, 2.45) is 5.41 Å². The maximum Gasteiger partial charge on any atom is 0.252 e. The molecule has 1 aromatic heterocycles. The Balaban J connectivity index is 1.88. The molecule has 3 rings (SSSR count). The van der Waals surface area contributed by atoms with Crippen molar-refractivity contribution in [1.82, 2.24) is 10.3 Å². The molecule has 0 atom stereocenters. The Bertz CT molecular complexity index is 853. The van der Waals surface area contributed by atoms with Crippen LogP contribution in [-0.2, 0) is 17.4 Å².